The van der Waals surface area contributed by atoms with Crippen LogP contribution in [0.5, 0.6) is 0 Å². The molecule has 17 heavy (non-hydrogen) atoms. The van der Waals surface area contributed by atoms with E-state index in [1.807, 2.05) is 11.4 Å². The largest absolute Gasteiger partial charge is 0.673 e. The summed E-state index contributed by atoms with van der Waals surface area (Å²) in [6.07, 6.45) is 4.41. The lowest BCUT2D eigenvalue weighted by atomic mass is 10.1. The molecule has 0 fully saturated rings. The Morgan fingerprint density at radius 2 is 1.59 bits per heavy atom. The van der Waals surface area contributed by atoms with Crippen molar-refractivity contribution in [3.05, 3.63) is 47.5 Å². The van der Waals surface area contributed by atoms with Gasteiger partial charge in [-0.3, -0.25) is 0 Å². The van der Waals surface area contributed by atoms with Gasteiger partial charge in [0.25, 0.3) is 0 Å². The van der Waals surface area contributed by atoms with Gasteiger partial charge in [-0.15, -0.1) is 0 Å². The molecule has 0 aromatic heterocycles. The Labute approximate surface area is 101 Å². The third-order valence-corrected chi connectivity index (χ3v) is 2.98. The lowest BCUT2D eigenvalue weighted by molar-refractivity contribution is 0.368. The minimum Gasteiger partial charge on any atom is -0.418 e. The second-order valence-corrected chi connectivity index (χ2v) is 4.50. The van der Waals surface area contributed by atoms with Gasteiger partial charge in [0.2, 0.25) is 4.86 Å². The van der Waals surface area contributed by atoms with Crippen LogP contribution in [0.3, 0.4) is 0 Å². The van der Waals surface area contributed by atoms with E-state index >= 15 is 0 Å². The first-order chi connectivity index (χ1) is 7.86. The van der Waals surface area contributed by atoms with E-state index in [1.54, 1.807) is 0 Å². The van der Waals surface area contributed by atoms with E-state index in [0.29, 0.717) is 0 Å². The predicted molar refractivity (Wildman–Crippen MR) is 66.8 cm³/mol. The zero-order valence-electron chi connectivity index (χ0n) is 9.17. The Morgan fingerprint density at radius 3 is 2.00 bits per heavy atom. The molecular weight excluding hydrogens is 251 g/mol. The number of rotatable bonds is 1. The first kappa shape index (κ1) is 13.9. The Morgan fingerprint density at radius 1 is 1.06 bits per heavy atom. The summed E-state index contributed by atoms with van der Waals surface area (Å²) < 4.78 is 39.0. The molecule has 1 aromatic carbocycles. The summed E-state index contributed by atoms with van der Waals surface area (Å²) in [6, 6.07) is 8.70. The van der Waals surface area contributed by atoms with Gasteiger partial charge in [0.15, 0.2) is 17.1 Å². The molecule has 0 saturated carbocycles. The fraction of sp³-hybridized carbons (Fsp3) is 0.182. The molecule has 2 rings (SSSR count). The van der Waals surface area contributed by atoms with Crippen molar-refractivity contribution in [2.75, 3.05) is 5.75 Å². The summed E-state index contributed by atoms with van der Waals surface area (Å²) in [5.41, 5.74) is 2.67. The zero-order valence-corrected chi connectivity index (χ0v) is 9.99. The van der Waals surface area contributed by atoms with E-state index in [2.05, 4.69) is 43.3 Å². The SMILES string of the molecule is Cc1ccc(C2=[S+]CC=C2)cc1.F[B-](F)(F)F. The van der Waals surface area contributed by atoms with Gasteiger partial charge in [-0.2, -0.15) is 0 Å². The normalized spacial score (nSPS) is 14.1. The van der Waals surface area contributed by atoms with E-state index in [1.165, 1.54) is 16.0 Å². The highest BCUT2D eigenvalue weighted by atomic mass is 32.1. The van der Waals surface area contributed by atoms with Gasteiger partial charge in [-0.1, -0.05) is 17.7 Å². The highest BCUT2D eigenvalue weighted by Crippen LogP contribution is 2.07. The monoisotopic (exact) mass is 262 g/mol. The van der Waals surface area contributed by atoms with Gasteiger partial charge < -0.3 is 17.3 Å². The van der Waals surface area contributed by atoms with E-state index in [4.69, 9.17) is 0 Å². The Hall–Kier alpha value is -1.17. The van der Waals surface area contributed by atoms with E-state index < -0.39 is 7.25 Å². The van der Waals surface area contributed by atoms with Crippen LogP contribution in [0.25, 0.3) is 0 Å². The van der Waals surface area contributed by atoms with Crippen LogP contribution >= 0.6 is 0 Å². The van der Waals surface area contributed by atoms with Crippen molar-refractivity contribution in [3.63, 3.8) is 0 Å². The van der Waals surface area contributed by atoms with Gasteiger partial charge in [-0.05, 0) is 25.1 Å². The first-order valence-electron chi connectivity index (χ1n) is 4.97. The summed E-state index contributed by atoms with van der Waals surface area (Å²) in [7, 11) is -6.00. The van der Waals surface area contributed by atoms with Gasteiger partial charge in [0, 0.05) is 11.6 Å². The molecule has 1 aromatic rings. The van der Waals surface area contributed by atoms with Crippen molar-refractivity contribution in [2.24, 2.45) is 0 Å². The van der Waals surface area contributed by atoms with Crippen molar-refractivity contribution >= 4 is 23.5 Å². The molecule has 1 aliphatic heterocycles. The molecule has 0 unspecified atom stereocenters. The number of allylic oxidation sites excluding steroid dienone is 1. The molecule has 6 heteroatoms. The quantitative estimate of drug-likeness (QED) is 0.314. The van der Waals surface area contributed by atoms with Gasteiger partial charge in [0.1, 0.15) is 0 Å². The van der Waals surface area contributed by atoms with Crippen molar-refractivity contribution in [3.8, 4) is 0 Å². The van der Waals surface area contributed by atoms with Crippen LogP contribution in [-0.2, 0) is 11.4 Å². The van der Waals surface area contributed by atoms with Gasteiger partial charge in [-0.25, -0.2) is 0 Å². The van der Waals surface area contributed by atoms with Crippen LogP contribution in [0.15, 0.2) is 36.4 Å². The molecular formula is C11H11BF4S. The van der Waals surface area contributed by atoms with Gasteiger partial charge in [0.05, 0.1) is 0 Å². The average Bonchev–Trinajstić information content (AvgIpc) is 2.69. The summed E-state index contributed by atoms with van der Waals surface area (Å²) in [5.74, 6) is 1.13. The Kier molecular flexibility index (Phi) is 4.87. The molecule has 0 aliphatic carbocycles. The van der Waals surface area contributed by atoms with Crippen LogP contribution in [0.2, 0.25) is 0 Å². The van der Waals surface area contributed by atoms with Crippen molar-refractivity contribution in [2.45, 2.75) is 6.92 Å². The summed E-state index contributed by atoms with van der Waals surface area (Å²) in [4.78, 5) is 1.40. The smallest absolute Gasteiger partial charge is 0.418 e. The molecule has 1 heterocycles. The summed E-state index contributed by atoms with van der Waals surface area (Å²) in [5, 5.41) is 0. The molecule has 0 atom stereocenters. The van der Waals surface area contributed by atoms with Gasteiger partial charge >= 0.3 is 7.25 Å². The summed E-state index contributed by atoms with van der Waals surface area (Å²) >= 11 is 1.91. The molecule has 0 N–H and O–H groups in total. The number of hydrogen-bond acceptors (Lipinski definition) is 0. The van der Waals surface area contributed by atoms with E-state index in [0.717, 1.165) is 5.75 Å². The fourth-order valence-electron chi connectivity index (χ4n) is 1.24. The lowest BCUT2D eigenvalue weighted by Crippen LogP contribution is -2.02. The Bertz CT molecular complexity index is 414. The predicted octanol–water partition coefficient (Wildman–Crippen LogP) is 3.47. The lowest BCUT2D eigenvalue weighted by Gasteiger charge is -1.94. The first-order valence-corrected chi connectivity index (χ1v) is 5.95. The van der Waals surface area contributed by atoms with Crippen LogP contribution in [-0.4, -0.2) is 17.9 Å². The molecule has 1 aliphatic rings. The third kappa shape index (κ3) is 6.21. The third-order valence-electron chi connectivity index (χ3n) is 1.94. The number of aryl methyl sites for hydroxylation is 1. The molecule has 0 nitrogen and oxygen atoms in total. The van der Waals surface area contributed by atoms with E-state index in [9.17, 15) is 17.3 Å². The topological polar surface area (TPSA) is 0 Å². The van der Waals surface area contributed by atoms with E-state index in [-0.39, 0.29) is 0 Å². The number of halogens is 4. The standard InChI is InChI=1S/C11H11S.BF4/c1-9-4-6-10(7-5-9)11-3-2-8-12-11;2-1(3,4)5/h2-7H,8H2,1H3;/q+1;-1. The molecule has 0 spiro atoms. The highest BCUT2D eigenvalue weighted by Gasteiger charge is 2.20. The van der Waals surface area contributed by atoms with Crippen LogP contribution < -0.4 is 0 Å². The molecule has 0 amide bonds. The molecule has 0 bridgehead atoms. The summed E-state index contributed by atoms with van der Waals surface area (Å²) in [6.45, 7) is 2.12. The second kappa shape index (κ2) is 5.96. The second-order valence-electron chi connectivity index (χ2n) is 3.44. The van der Waals surface area contributed by atoms with Crippen molar-refractivity contribution in [1.82, 2.24) is 0 Å². The zero-order chi connectivity index (χ0) is 12.9. The van der Waals surface area contributed by atoms with Crippen molar-refractivity contribution < 1.29 is 17.3 Å². The molecule has 0 saturated heterocycles. The Balaban J connectivity index is 0.000000249. The van der Waals surface area contributed by atoms with Crippen molar-refractivity contribution in [1.29, 1.82) is 0 Å². The van der Waals surface area contributed by atoms with Crippen LogP contribution in [0.4, 0.5) is 17.3 Å². The number of benzene rings is 1. The molecule has 92 valence electrons. The minimum atomic E-state index is -6.00. The van der Waals surface area contributed by atoms with Crippen LogP contribution in [0, 0.1) is 6.92 Å². The maximum absolute atomic E-state index is 9.75. The number of hydrogen-bond donors (Lipinski definition) is 0. The van der Waals surface area contributed by atoms with Crippen LogP contribution in [0.1, 0.15) is 11.1 Å². The maximum atomic E-state index is 9.75. The highest BCUT2D eigenvalue weighted by molar-refractivity contribution is 7.80. The fourth-order valence-corrected chi connectivity index (χ4v) is 2.11. The minimum absolute atomic E-state index is 1.13. The molecule has 0 radical (unpaired) electrons. The average molecular weight is 262 g/mol. The maximum Gasteiger partial charge on any atom is 0.673 e.